The average Bonchev–Trinajstić information content (AvgIpc) is 2.39. The Labute approximate surface area is 119 Å². The van der Waals surface area contributed by atoms with Crippen LogP contribution in [0.4, 0.5) is 4.39 Å². The van der Waals surface area contributed by atoms with Crippen molar-refractivity contribution < 1.29 is 9.50 Å². The minimum atomic E-state index is -0.356. The van der Waals surface area contributed by atoms with Gasteiger partial charge in [-0.05, 0) is 37.1 Å². The van der Waals surface area contributed by atoms with Crippen LogP contribution in [0.3, 0.4) is 0 Å². The van der Waals surface area contributed by atoms with E-state index < -0.39 is 0 Å². The molecule has 0 radical (unpaired) electrons. The Balaban J connectivity index is 1.95. The SMILES string of the molecule is Cc1cc(C)cc(CNCc2ccc(F)c(CO)c2)c1. The number of benzene rings is 2. The lowest BCUT2D eigenvalue weighted by Gasteiger charge is -2.08. The molecule has 2 nitrogen and oxygen atoms in total. The average molecular weight is 273 g/mol. The Morgan fingerprint density at radius 1 is 0.950 bits per heavy atom. The van der Waals surface area contributed by atoms with Gasteiger partial charge in [0.05, 0.1) is 6.61 Å². The molecule has 20 heavy (non-hydrogen) atoms. The van der Waals surface area contributed by atoms with Gasteiger partial charge in [-0.25, -0.2) is 4.39 Å². The maximum Gasteiger partial charge on any atom is 0.128 e. The van der Waals surface area contributed by atoms with Gasteiger partial charge in [-0.15, -0.1) is 0 Å². The van der Waals surface area contributed by atoms with E-state index >= 15 is 0 Å². The molecule has 0 aromatic heterocycles. The molecule has 2 aromatic carbocycles. The molecule has 0 aliphatic heterocycles. The molecule has 106 valence electrons. The lowest BCUT2D eigenvalue weighted by atomic mass is 10.1. The summed E-state index contributed by atoms with van der Waals surface area (Å²) in [5.74, 6) is -0.356. The van der Waals surface area contributed by atoms with E-state index in [1.807, 2.05) is 0 Å². The summed E-state index contributed by atoms with van der Waals surface area (Å²) in [6.45, 7) is 5.33. The van der Waals surface area contributed by atoms with Crippen LogP contribution < -0.4 is 5.32 Å². The molecular formula is C17H20FNO. The molecule has 0 heterocycles. The first-order valence-corrected chi connectivity index (χ1v) is 6.74. The van der Waals surface area contributed by atoms with E-state index in [0.717, 1.165) is 12.1 Å². The quantitative estimate of drug-likeness (QED) is 0.876. The van der Waals surface area contributed by atoms with Crippen molar-refractivity contribution >= 4 is 0 Å². The van der Waals surface area contributed by atoms with Crippen LogP contribution in [0.5, 0.6) is 0 Å². The molecule has 0 saturated carbocycles. The molecule has 0 unspecified atom stereocenters. The van der Waals surface area contributed by atoms with E-state index in [1.54, 1.807) is 12.1 Å². The Bertz CT molecular complexity index is 575. The molecule has 3 heteroatoms. The van der Waals surface area contributed by atoms with Crippen molar-refractivity contribution in [1.29, 1.82) is 0 Å². The van der Waals surface area contributed by atoms with Crippen molar-refractivity contribution in [2.75, 3.05) is 0 Å². The van der Waals surface area contributed by atoms with E-state index in [4.69, 9.17) is 5.11 Å². The monoisotopic (exact) mass is 273 g/mol. The second kappa shape index (κ2) is 6.64. The van der Waals surface area contributed by atoms with Gasteiger partial charge in [-0.3, -0.25) is 0 Å². The van der Waals surface area contributed by atoms with Crippen LogP contribution in [-0.4, -0.2) is 5.11 Å². The summed E-state index contributed by atoms with van der Waals surface area (Å²) in [4.78, 5) is 0. The number of aryl methyl sites for hydroxylation is 2. The third kappa shape index (κ3) is 3.89. The standard InChI is InChI=1S/C17H20FNO/c1-12-5-13(2)7-15(6-12)10-19-9-14-3-4-17(18)16(8-14)11-20/h3-8,19-20H,9-11H2,1-2H3. The van der Waals surface area contributed by atoms with Gasteiger partial charge >= 0.3 is 0 Å². The van der Waals surface area contributed by atoms with Gasteiger partial charge < -0.3 is 10.4 Å². The third-order valence-electron chi connectivity index (χ3n) is 3.22. The zero-order valence-electron chi connectivity index (χ0n) is 11.9. The van der Waals surface area contributed by atoms with Gasteiger partial charge in [0.25, 0.3) is 0 Å². The van der Waals surface area contributed by atoms with Crippen LogP contribution in [0.25, 0.3) is 0 Å². The molecule has 0 atom stereocenters. The van der Waals surface area contributed by atoms with Gasteiger partial charge in [0.15, 0.2) is 0 Å². The summed E-state index contributed by atoms with van der Waals surface area (Å²) < 4.78 is 13.3. The summed E-state index contributed by atoms with van der Waals surface area (Å²) in [7, 11) is 0. The number of aliphatic hydroxyl groups is 1. The molecule has 2 rings (SSSR count). The lowest BCUT2D eigenvalue weighted by Crippen LogP contribution is -2.13. The molecule has 0 aliphatic carbocycles. The molecule has 0 aliphatic rings. The van der Waals surface area contributed by atoms with Crippen LogP contribution in [0.15, 0.2) is 36.4 Å². The minimum Gasteiger partial charge on any atom is -0.392 e. The molecule has 0 saturated heterocycles. The first-order valence-electron chi connectivity index (χ1n) is 6.74. The number of nitrogens with one attached hydrogen (secondary N) is 1. The van der Waals surface area contributed by atoms with Gasteiger partial charge in [0.1, 0.15) is 5.82 Å². The summed E-state index contributed by atoms with van der Waals surface area (Å²) in [5, 5.41) is 12.4. The van der Waals surface area contributed by atoms with Gasteiger partial charge in [-0.2, -0.15) is 0 Å². The van der Waals surface area contributed by atoms with Crippen LogP contribution in [-0.2, 0) is 19.7 Å². The van der Waals surface area contributed by atoms with Crippen LogP contribution in [0.1, 0.15) is 27.8 Å². The topological polar surface area (TPSA) is 32.3 Å². The van der Waals surface area contributed by atoms with E-state index in [2.05, 4.69) is 37.4 Å². The largest absolute Gasteiger partial charge is 0.392 e. The fraction of sp³-hybridized carbons (Fsp3) is 0.294. The molecular weight excluding hydrogens is 253 g/mol. The third-order valence-corrected chi connectivity index (χ3v) is 3.22. The highest BCUT2D eigenvalue weighted by molar-refractivity contribution is 5.29. The van der Waals surface area contributed by atoms with Crippen molar-refractivity contribution in [2.24, 2.45) is 0 Å². The van der Waals surface area contributed by atoms with Crippen molar-refractivity contribution in [3.8, 4) is 0 Å². The second-order valence-electron chi connectivity index (χ2n) is 5.18. The highest BCUT2D eigenvalue weighted by atomic mass is 19.1. The predicted octanol–water partition coefficient (Wildman–Crippen LogP) is 3.22. The molecule has 2 aromatic rings. The van der Waals surface area contributed by atoms with E-state index in [-0.39, 0.29) is 12.4 Å². The predicted molar refractivity (Wildman–Crippen MR) is 78.8 cm³/mol. The smallest absolute Gasteiger partial charge is 0.128 e. The van der Waals surface area contributed by atoms with Gasteiger partial charge in [0, 0.05) is 18.7 Å². The number of hydrogen-bond donors (Lipinski definition) is 2. The maximum absolute atomic E-state index is 13.3. The summed E-state index contributed by atoms with van der Waals surface area (Å²) in [6.07, 6.45) is 0. The fourth-order valence-electron chi connectivity index (χ4n) is 2.38. The normalized spacial score (nSPS) is 10.8. The Morgan fingerprint density at radius 3 is 2.25 bits per heavy atom. The molecule has 0 fully saturated rings. The zero-order chi connectivity index (χ0) is 14.5. The summed E-state index contributed by atoms with van der Waals surface area (Å²) in [5.41, 5.74) is 5.07. The van der Waals surface area contributed by atoms with Gasteiger partial charge in [-0.1, -0.05) is 35.4 Å². The molecule has 0 bridgehead atoms. The number of hydrogen-bond acceptors (Lipinski definition) is 2. The van der Waals surface area contributed by atoms with Crippen molar-refractivity contribution in [2.45, 2.75) is 33.5 Å². The second-order valence-corrected chi connectivity index (χ2v) is 5.18. The Hall–Kier alpha value is -1.71. The highest BCUT2D eigenvalue weighted by Gasteiger charge is 2.02. The van der Waals surface area contributed by atoms with E-state index in [9.17, 15) is 4.39 Å². The van der Waals surface area contributed by atoms with E-state index in [1.165, 1.54) is 22.8 Å². The minimum absolute atomic E-state index is 0.267. The highest BCUT2D eigenvalue weighted by Crippen LogP contribution is 2.12. The molecule has 2 N–H and O–H groups in total. The van der Waals surface area contributed by atoms with Crippen molar-refractivity contribution in [3.05, 3.63) is 70.0 Å². The number of halogens is 1. The molecule has 0 spiro atoms. The van der Waals surface area contributed by atoms with Crippen LogP contribution in [0.2, 0.25) is 0 Å². The first-order chi connectivity index (χ1) is 9.58. The van der Waals surface area contributed by atoms with Crippen molar-refractivity contribution in [1.82, 2.24) is 5.32 Å². The fourth-order valence-corrected chi connectivity index (χ4v) is 2.38. The van der Waals surface area contributed by atoms with E-state index in [0.29, 0.717) is 12.1 Å². The first kappa shape index (κ1) is 14.7. The maximum atomic E-state index is 13.3. The summed E-state index contributed by atoms with van der Waals surface area (Å²) in [6, 6.07) is 11.3. The zero-order valence-corrected chi connectivity index (χ0v) is 11.9. The Kier molecular flexibility index (Phi) is 4.88. The lowest BCUT2D eigenvalue weighted by molar-refractivity contribution is 0.275. The van der Waals surface area contributed by atoms with Crippen LogP contribution >= 0.6 is 0 Å². The van der Waals surface area contributed by atoms with Crippen LogP contribution in [0, 0.1) is 19.7 Å². The summed E-state index contributed by atoms with van der Waals surface area (Å²) >= 11 is 0. The number of rotatable bonds is 5. The van der Waals surface area contributed by atoms with Crippen molar-refractivity contribution in [3.63, 3.8) is 0 Å². The van der Waals surface area contributed by atoms with Gasteiger partial charge in [0.2, 0.25) is 0 Å². The Morgan fingerprint density at radius 2 is 1.60 bits per heavy atom. The number of aliphatic hydroxyl groups excluding tert-OH is 1. The molecule has 0 amide bonds.